The second-order valence-corrected chi connectivity index (χ2v) is 5.83. The summed E-state index contributed by atoms with van der Waals surface area (Å²) in [6.07, 6.45) is 3.40. The molecular weight excluding hydrogens is 238 g/mol. The summed E-state index contributed by atoms with van der Waals surface area (Å²) in [5.74, 6) is 0. The predicted molar refractivity (Wildman–Crippen MR) is 80.2 cm³/mol. The van der Waals surface area contributed by atoms with E-state index in [1.807, 2.05) is 11.3 Å². The quantitative estimate of drug-likeness (QED) is 0.850. The van der Waals surface area contributed by atoms with Gasteiger partial charge >= 0.3 is 0 Å². The van der Waals surface area contributed by atoms with Crippen LogP contribution in [0.15, 0.2) is 36.4 Å². The summed E-state index contributed by atoms with van der Waals surface area (Å²) >= 11 is 1.83. The third-order valence-corrected chi connectivity index (χ3v) is 4.50. The monoisotopic (exact) mass is 259 g/mol. The molecule has 1 aromatic heterocycles. The van der Waals surface area contributed by atoms with Crippen molar-refractivity contribution in [2.24, 2.45) is 5.73 Å². The van der Waals surface area contributed by atoms with Gasteiger partial charge in [-0.05, 0) is 36.1 Å². The lowest BCUT2D eigenvalue weighted by atomic mass is 10.0. The van der Waals surface area contributed by atoms with Crippen molar-refractivity contribution in [2.45, 2.75) is 39.2 Å². The zero-order chi connectivity index (χ0) is 13.0. The minimum Gasteiger partial charge on any atom is -0.320 e. The van der Waals surface area contributed by atoms with E-state index in [4.69, 9.17) is 5.73 Å². The molecule has 2 heteroatoms. The zero-order valence-electron chi connectivity index (χ0n) is 11.1. The highest BCUT2D eigenvalue weighted by Gasteiger charge is 2.11. The highest BCUT2D eigenvalue weighted by Crippen LogP contribution is 2.27. The van der Waals surface area contributed by atoms with Gasteiger partial charge in [0.15, 0.2) is 0 Å². The highest BCUT2D eigenvalue weighted by atomic mass is 32.1. The second kappa shape index (κ2) is 6.17. The van der Waals surface area contributed by atoms with Crippen molar-refractivity contribution < 1.29 is 0 Å². The maximum Gasteiger partial charge on any atom is 0.0646 e. The number of aryl methyl sites for hydroxylation is 2. The van der Waals surface area contributed by atoms with Gasteiger partial charge in [-0.15, -0.1) is 11.3 Å². The fourth-order valence-electron chi connectivity index (χ4n) is 2.15. The second-order valence-electron chi connectivity index (χ2n) is 4.63. The average molecular weight is 259 g/mol. The lowest BCUT2D eigenvalue weighted by Crippen LogP contribution is -2.10. The normalized spacial score (nSPS) is 12.6. The number of nitrogens with two attached hydrogens (primary N) is 1. The summed E-state index contributed by atoms with van der Waals surface area (Å²) in [6, 6.07) is 13.1. The molecule has 0 aliphatic heterocycles. The number of thiophene rings is 1. The van der Waals surface area contributed by atoms with E-state index in [1.165, 1.54) is 27.3 Å². The summed E-state index contributed by atoms with van der Waals surface area (Å²) in [4.78, 5) is 2.67. The van der Waals surface area contributed by atoms with Crippen LogP contribution in [0.2, 0.25) is 0 Å². The van der Waals surface area contributed by atoms with Crippen molar-refractivity contribution in [3.63, 3.8) is 0 Å². The third kappa shape index (κ3) is 3.01. The van der Waals surface area contributed by atoms with E-state index in [-0.39, 0.29) is 6.04 Å². The molecule has 0 saturated heterocycles. The minimum absolute atomic E-state index is 0.0205. The van der Waals surface area contributed by atoms with Crippen molar-refractivity contribution in [1.29, 1.82) is 0 Å². The maximum atomic E-state index is 6.36. The molecule has 2 rings (SSSR count). The van der Waals surface area contributed by atoms with Crippen LogP contribution in [0, 0.1) is 0 Å². The van der Waals surface area contributed by atoms with Crippen LogP contribution in [-0.2, 0) is 12.8 Å². The van der Waals surface area contributed by atoms with E-state index in [1.54, 1.807) is 0 Å². The van der Waals surface area contributed by atoms with Gasteiger partial charge in [0.1, 0.15) is 0 Å². The molecule has 1 aromatic carbocycles. The molecule has 2 aromatic rings. The Balaban J connectivity index is 2.21. The number of hydrogen-bond donors (Lipinski definition) is 1. The first-order chi connectivity index (χ1) is 8.74. The van der Waals surface area contributed by atoms with Crippen LogP contribution in [0.1, 0.15) is 47.2 Å². The first-order valence-electron chi connectivity index (χ1n) is 6.67. The summed E-state index contributed by atoms with van der Waals surface area (Å²) in [6.45, 7) is 4.39. The van der Waals surface area contributed by atoms with Crippen LogP contribution in [-0.4, -0.2) is 0 Å². The van der Waals surface area contributed by atoms with Gasteiger partial charge in [0.25, 0.3) is 0 Å². The first-order valence-corrected chi connectivity index (χ1v) is 7.49. The molecule has 18 heavy (non-hydrogen) atoms. The lowest BCUT2D eigenvalue weighted by molar-refractivity contribution is 0.875. The van der Waals surface area contributed by atoms with E-state index in [0.29, 0.717) is 0 Å². The van der Waals surface area contributed by atoms with Crippen molar-refractivity contribution >= 4 is 11.3 Å². The molecule has 96 valence electrons. The molecule has 0 spiro atoms. The Hall–Kier alpha value is -1.12. The highest BCUT2D eigenvalue weighted by molar-refractivity contribution is 7.12. The summed E-state index contributed by atoms with van der Waals surface area (Å²) < 4.78 is 0. The maximum absolute atomic E-state index is 6.36. The van der Waals surface area contributed by atoms with Gasteiger partial charge < -0.3 is 5.73 Å². The average Bonchev–Trinajstić information content (AvgIpc) is 2.87. The molecule has 0 fully saturated rings. The first kappa shape index (κ1) is 13.3. The summed E-state index contributed by atoms with van der Waals surface area (Å²) in [5, 5.41) is 0. The smallest absolute Gasteiger partial charge is 0.0646 e. The molecule has 1 atom stereocenters. The third-order valence-electron chi connectivity index (χ3n) is 3.19. The SMILES string of the molecule is CCCc1cccc(C(N)c2ccc(CC)s2)c1. The van der Waals surface area contributed by atoms with Crippen molar-refractivity contribution in [1.82, 2.24) is 0 Å². The molecule has 0 bridgehead atoms. The summed E-state index contributed by atoms with van der Waals surface area (Å²) in [7, 11) is 0. The van der Waals surface area contributed by atoms with E-state index >= 15 is 0 Å². The van der Waals surface area contributed by atoms with Crippen LogP contribution in [0.4, 0.5) is 0 Å². The molecule has 2 N–H and O–H groups in total. The van der Waals surface area contributed by atoms with Crippen LogP contribution in [0.25, 0.3) is 0 Å². The van der Waals surface area contributed by atoms with Gasteiger partial charge in [-0.3, -0.25) is 0 Å². The Morgan fingerprint density at radius 2 is 2.00 bits per heavy atom. The van der Waals surface area contributed by atoms with Gasteiger partial charge in [0.2, 0.25) is 0 Å². The Kier molecular flexibility index (Phi) is 4.56. The fraction of sp³-hybridized carbons (Fsp3) is 0.375. The molecule has 0 amide bonds. The Labute approximate surface area is 114 Å². The predicted octanol–water partition coefficient (Wildman–Crippen LogP) is 4.31. The molecule has 1 unspecified atom stereocenters. The molecular formula is C16H21NS. The van der Waals surface area contributed by atoms with Crippen LogP contribution < -0.4 is 5.73 Å². The Bertz CT molecular complexity index is 501. The van der Waals surface area contributed by atoms with Crippen LogP contribution in [0.3, 0.4) is 0 Å². The van der Waals surface area contributed by atoms with Gasteiger partial charge in [0.05, 0.1) is 6.04 Å². The molecule has 0 radical (unpaired) electrons. The minimum atomic E-state index is 0.0205. The number of benzene rings is 1. The van der Waals surface area contributed by atoms with Gasteiger partial charge in [-0.2, -0.15) is 0 Å². The van der Waals surface area contributed by atoms with Crippen LogP contribution in [0.5, 0.6) is 0 Å². The van der Waals surface area contributed by atoms with E-state index in [9.17, 15) is 0 Å². The van der Waals surface area contributed by atoms with Gasteiger partial charge in [-0.1, -0.05) is 44.5 Å². The lowest BCUT2D eigenvalue weighted by Gasteiger charge is -2.11. The van der Waals surface area contributed by atoms with Crippen LogP contribution >= 0.6 is 11.3 Å². The zero-order valence-corrected chi connectivity index (χ0v) is 12.0. The largest absolute Gasteiger partial charge is 0.320 e. The van der Waals surface area contributed by atoms with E-state index < -0.39 is 0 Å². The Morgan fingerprint density at radius 3 is 2.67 bits per heavy atom. The number of hydrogen-bond acceptors (Lipinski definition) is 2. The van der Waals surface area contributed by atoms with Crippen molar-refractivity contribution in [3.8, 4) is 0 Å². The topological polar surface area (TPSA) is 26.0 Å². The van der Waals surface area contributed by atoms with E-state index in [2.05, 4.69) is 50.2 Å². The molecule has 0 aliphatic carbocycles. The molecule has 0 saturated carbocycles. The molecule has 0 aliphatic rings. The Morgan fingerprint density at radius 1 is 1.17 bits per heavy atom. The van der Waals surface area contributed by atoms with Gasteiger partial charge in [0, 0.05) is 9.75 Å². The van der Waals surface area contributed by atoms with Crippen molar-refractivity contribution in [3.05, 3.63) is 57.3 Å². The van der Waals surface area contributed by atoms with Gasteiger partial charge in [-0.25, -0.2) is 0 Å². The molecule has 1 nitrogen and oxygen atoms in total. The summed E-state index contributed by atoms with van der Waals surface area (Å²) in [5.41, 5.74) is 8.97. The van der Waals surface area contributed by atoms with E-state index in [0.717, 1.165) is 12.8 Å². The molecule has 1 heterocycles. The fourth-order valence-corrected chi connectivity index (χ4v) is 3.13. The number of rotatable bonds is 5. The van der Waals surface area contributed by atoms with Crippen molar-refractivity contribution in [2.75, 3.05) is 0 Å². The standard InChI is InChI=1S/C16H21NS/c1-3-6-12-7-5-8-13(11-12)16(17)15-10-9-14(4-2)18-15/h5,7-11,16H,3-4,6,17H2,1-2H3.